The maximum absolute atomic E-state index is 12.5. The van der Waals surface area contributed by atoms with E-state index < -0.39 is 24.0 Å². The van der Waals surface area contributed by atoms with Gasteiger partial charge in [-0.1, -0.05) is 28.9 Å². The molecule has 7 nitrogen and oxygen atoms in total. The Hall–Kier alpha value is -2.09. The molecular weight excluding hydrogens is 378 g/mol. The number of halogens is 1. The Labute approximate surface area is 148 Å². The molecule has 0 bridgehead atoms. The molecule has 1 heterocycles. The van der Waals surface area contributed by atoms with Gasteiger partial charge in [-0.15, -0.1) is 0 Å². The highest BCUT2D eigenvalue weighted by molar-refractivity contribution is 9.10. The molecule has 1 fully saturated rings. The summed E-state index contributed by atoms with van der Waals surface area (Å²) in [6.45, 7) is 2.13. The molecule has 2 N–H and O–H groups in total. The number of carbonyl (C=O) groups excluding carboxylic acids is 2. The number of nitrogens with one attached hydrogen (secondary N) is 1. The van der Waals surface area contributed by atoms with Crippen molar-refractivity contribution in [2.75, 3.05) is 25.0 Å². The van der Waals surface area contributed by atoms with E-state index in [0.29, 0.717) is 13.0 Å². The van der Waals surface area contributed by atoms with Gasteiger partial charge in [-0.05, 0) is 24.6 Å². The molecule has 8 heteroatoms. The predicted octanol–water partition coefficient (Wildman–Crippen LogP) is 1.92. The molecule has 3 amide bonds. The second-order valence-corrected chi connectivity index (χ2v) is 6.80. The molecule has 2 rings (SSSR count). The van der Waals surface area contributed by atoms with Gasteiger partial charge in [0.2, 0.25) is 5.91 Å². The van der Waals surface area contributed by atoms with Crippen molar-refractivity contribution in [2.24, 2.45) is 5.92 Å². The van der Waals surface area contributed by atoms with Crippen LogP contribution in [0.2, 0.25) is 0 Å². The van der Waals surface area contributed by atoms with Crippen molar-refractivity contribution in [2.45, 2.75) is 19.4 Å². The van der Waals surface area contributed by atoms with Crippen molar-refractivity contribution in [1.29, 1.82) is 0 Å². The molecule has 0 aliphatic carbocycles. The number of hydrogen-bond acceptors (Lipinski definition) is 3. The van der Waals surface area contributed by atoms with Gasteiger partial charge in [0.25, 0.3) is 0 Å². The van der Waals surface area contributed by atoms with Gasteiger partial charge in [0.15, 0.2) is 0 Å². The number of urea groups is 1. The van der Waals surface area contributed by atoms with Crippen LogP contribution in [-0.2, 0) is 9.59 Å². The fourth-order valence-corrected chi connectivity index (χ4v) is 2.93. The third-order valence-electron chi connectivity index (χ3n) is 3.94. The summed E-state index contributed by atoms with van der Waals surface area (Å²) >= 11 is 3.38. The van der Waals surface area contributed by atoms with Crippen LogP contribution in [0, 0.1) is 5.92 Å². The fraction of sp³-hybridized carbons (Fsp3) is 0.438. The van der Waals surface area contributed by atoms with Gasteiger partial charge in [0.1, 0.15) is 6.04 Å². The zero-order valence-corrected chi connectivity index (χ0v) is 15.1. The lowest BCUT2D eigenvalue weighted by Crippen LogP contribution is -2.48. The molecule has 0 radical (unpaired) electrons. The third-order valence-corrected chi connectivity index (χ3v) is 4.43. The molecule has 2 atom stereocenters. The van der Waals surface area contributed by atoms with E-state index in [4.69, 9.17) is 5.11 Å². The summed E-state index contributed by atoms with van der Waals surface area (Å²) in [5.41, 5.74) is 0.777. The second-order valence-electron chi connectivity index (χ2n) is 5.88. The van der Waals surface area contributed by atoms with E-state index in [9.17, 15) is 14.4 Å². The highest BCUT2D eigenvalue weighted by Crippen LogP contribution is 2.24. The van der Waals surface area contributed by atoms with Gasteiger partial charge in [0.05, 0.1) is 5.92 Å². The number of aliphatic carboxylic acids is 1. The summed E-state index contributed by atoms with van der Waals surface area (Å²) in [7, 11) is 1.51. The Balaban J connectivity index is 1.95. The first-order chi connectivity index (χ1) is 11.3. The van der Waals surface area contributed by atoms with Crippen molar-refractivity contribution in [3.63, 3.8) is 0 Å². The van der Waals surface area contributed by atoms with Crippen LogP contribution in [-0.4, -0.2) is 54.1 Å². The van der Waals surface area contributed by atoms with Crippen LogP contribution in [0.5, 0.6) is 0 Å². The molecule has 24 heavy (non-hydrogen) atoms. The van der Waals surface area contributed by atoms with Gasteiger partial charge in [-0.25, -0.2) is 4.79 Å². The lowest BCUT2D eigenvalue weighted by molar-refractivity contribution is -0.141. The molecule has 1 aliphatic heterocycles. The van der Waals surface area contributed by atoms with E-state index in [1.165, 1.54) is 18.9 Å². The van der Waals surface area contributed by atoms with Crippen molar-refractivity contribution in [3.8, 4) is 0 Å². The Kier molecular flexibility index (Phi) is 5.82. The number of hydrogen-bond donors (Lipinski definition) is 2. The van der Waals surface area contributed by atoms with Crippen LogP contribution in [0.25, 0.3) is 0 Å². The molecule has 0 aromatic heterocycles. The minimum Gasteiger partial charge on any atom is -0.481 e. The second kappa shape index (κ2) is 7.65. The van der Waals surface area contributed by atoms with E-state index in [2.05, 4.69) is 21.2 Å². The van der Waals surface area contributed by atoms with Crippen LogP contribution in [0.15, 0.2) is 28.7 Å². The first kappa shape index (κ1) is 18.3. The van der Waals surface area contributed by atoms with Crippen LogP contribution in [0.4, 0.5) is 10.5 Å². The molecule has 130 valence electrons. The summed E-state index contributed by atoms with van der Waals surface area (Å²) in [6.07, 6.45) is 0.513. The highest BCUT2D eigenvalue weighted by Gasteiger charge is 2.34. The van der Waals surface area contributed by atoms with Crippen LogP contribution >= 0.6 is 15.9 Å². The Morgan fingerprint density at radius 2 is 2.21 bits per heavy atom. The summed E-state index contributed by atoms with van der Waals surface area (Å²) in [6, 6.07) is 6.37. The average Bonchev–Trinajstić information content (AvgIpc) is 2.88. The number of carbonyl (C=O) groups is 3. The van der Waals surface area contributed by atoms with Crippen molar-refractivity contribution >= 4 is 39.5 Å². The third kappa shape index (κ3) is 4.25. The fourth-order valence-electron chi connectivity index (χ4n) is 2.55. The summed E-state index contributed by atoms with van der Waals surface area (Å²) in [5, 5.41) is 11.6. The smallest absolute Gasteiger partial charge is 0.317 e. The topological polar surface area (TPSA) is 90.0 Å². The number of rotatable bonds is 5. The van der Waals surface area contributed by atoms with Gasteiger partial charge >= 0.3 is 12.0 Å². The first-order valence-corrected chi connectivity index (χ1v) is 8.40. The zero-order chi connectivity index (χ0) is 17.9. The van der Waals surface area contributed by atoms with E-state index in [0.717, 1.165) is 10.2 Å². The molecule has 2 unspecified atom stereocenters. The largest absolute Gasteiger partial charge is 0.481 e. The van der Waals surface area contributed by atoms with Crippen LogP contribution in [0.1, 0.15) is 13.3 Å². The molecular formula is C16H20BrN3O4. The van der Waals surface area contributed by atoms with E-state index in [-0.39, 0.29) is 12.5 Å². The predicted molar refractivity (Wildman–Crippen MR) is 92.9 cm³/mol. The number of anilines is 1. The minimum absolute atomic E-state index is 0.0808. The Morgan fingerprint density at radius 3 is 2.83 bits per heavy atom. The van der Waals surface area contributed by atoms with Crippen molar-refractivity contribution in [1.82, 2.24) is 10.2 Å². The number of carboxylic acids is 1. The quantitative estimate of drug-likeness (QED) is 0.793. The minimum atomic E-state index is -0.965. The van der Waals surface area contributed by atoms with E-state index >= 15 is 0 Å². The van der Waals surface area contributed by atoms with Crippen molar-refractivity contribution in [3.05, 3.63) is 28.7 Å². The highest BCUT2D eigenvalue weighted by atomic mass is 79.9. The summed E-state index contributed by atoms with van der Waals surface area (Å²) in [5.74, 6) is -1.80. The average molecular weight is 398 g/mol. The zero-order valence-electron chi connectivity index (χ0n) is 13.5. The molecule has 0 saturated carbocycles. The van der Waals surface area contributed by atoms with Gasteiger partial charge in [-0.3, -0.25) is 9.59 Å². The summed E-state index contributed by atoms with van der Waals surface area (Å²) < 4.78 is 0.877. The molecule has 1 aromatic carbocycles. The Morgan fingerprint density at radius 1 is 1.50 bits per heavy atom. The lowest BCUT2D eigenvalue weighted by Gasteiger charge is -2.22. The molecule has 1 aliphatic rings. The van der Waals surface area contributed by atoms with E-state index in [1.54, 1.807) is 4.90 Å². The van der Waals surface area contributed by atoms with E-state index in [1.807, 2.05) is 24.3 Å². The van der Waals surface area contributed by atoms with Crippen molar-refractivity contribution < 1.29 is 19.5 Å². The normalized spacial score (nSPS) is 18.4. The Bertz CT molecular complexity index is 652. The SMILES string of the molecule is CC(CN(C)C(=O)NC1CCN(c2cccc(Br)c2)C1=O)C(=O)O. The number of amides is 3. The first-order valence-electron chi connectivity index (χ1n) is 7.61. The molecule has 0 spiro atoms. The van der Waals surface area contributed by atoms with Gasteiger partial charge < -0.3 is 20.2 Å². The van der Waals surface area contributed by atoms with Gasteiger partial charge in [0, 0.05) is 30.3 Å². The monoisotopic (exact) mass is 397 g/mol. The lowest BCUT2D eigenvalue weighted by atomic mass is 10.2. The maximum atomic E-state index is 12.5. The molecule has 1 saturated heterocycles. The van der Waals surface area contributed by atoms with Gasteiger partial charge in [-0.2, -0.15) is 0 Å². The molecule has 1 aromatic rings. The summed E-state index contributed by atoms with van der Waals surface area (Å²) in [4.78, 5) is 38.4. The standard InChI is InChI=1S/C16H20BrN3O4/c1-10(15(22)23)9-19(2)16(24)18-13-6-7-20(14(13)21)12-5-3-4-11(17)8-12/h3-5,8,10,13H,6-7,9H2,1-2H3,(H,18,24)(H,22,23). The number of carboxylic acid groups (broad SMARTS) is 1. The maximum Gasteiger partial charge on any atom is 0.317 e. The number of benzene rings is 1. The number of nitrogens with zero attached hydrogens (tertiary/aromatic N) is 2. The van der Waals surface area contributed by atoms with Crippen LogP contribution < -0.4 is 10.2 Å². The van der Waals surface area contributed by atoms with Crippen LogP contribution in [0.3, 0.4) is 0 Å².